The van der Waals surface area contributed by atoms with E-state index in [1.165, 1.54) is 34.9 Å². The van der Waals surface area contributed by atoms with Crippen LogP contribution < -0.4 is 4.80 Å². The lowest BCUT2D eigenvalue weighted by Gasteiger charge is -2.05. The van der Waals surface area contributed by atoms with E-state index in [0.717, 1.165) is 17.4 Å². The molecule has 8 heteroatoms. The molecule has 0 saturated carbocycles. The zero-order valence-electron chi connectivity index (χ0n) is 13.7. The maximum absolute atomic E-state index is 14.3. The number of halogens is 2. The van der Waals surface area contributed by atoms with Gasteiger partial charge in [0, 0.05) is 0 Å². The molecule has 0 aliphatic heterocycles. The first-order chi connectivity index (χ1) is 12.5. The smallest absolute Gasteiger partial charge is 0.326 e. The van der Waals surface area contributed by atoms with Crippen molar-refractivity contribution in [2.75, 3.05) is 6.61 Å². The molecule has 0 radical (unpaired) electrons. The summed E-state index contributed by atoms with van der Waals surface area (Å²) in [5.41, 5.74) is -0.0567. The second-order valence-corrected chi connectivity index (χ2v) is 6.27. The Balaban J connectivity index is 2.15. The van der Waals surface area contributed by atoms with Crippen LogP contribution in [0.4, 0.5) is 8.78 Å². The molecule has 134 valence electrons. The van der Waals surface area contributed by atoms with Crippen molar-refractivity contribution >= 4 is 33.4 Å². The number of benzene rings is 2. The third-order valence-corrected chi connectivity index (χ3v) is 4.59. The topological polar surface area (TPSA) is 60.7 Å². The average molecular weight is 376 g/mol. The summed E-state index contributed by atoms with van der Waals surface area (Å²) in [4.78, 5) is 28.2. The normalized spacial score (nSPS) is 11.7. The number of nitrogens with zero attached hydrogens (tertiary/aromatic N) is 2. The molecule has 3 aromatic rings. The van der Waals surface area contributed by atoms with Gasteiger partial charge in [0.05, 0.1) is 22.4 Å². The van der Waals surface area contributed by atoms with Crippen LogP contribution in [0.15, 0.2) is 47.5 Å². The van der Waals surface area contributed by atoms with E-state index in [0.29, 0.717) is 4.70 Å². The summed E-state index contributed by atoms with van der Waals surface area (Å²) in [6.45, 7) is 1.52. The monoisotopic (exact) mass is 376 g/mol. The quantitative estimate of drug-likeness (QED) is 0.657. The molecule has 0 bridgehead atoms. The lowest BCUT2D eigenvalue weighted by atomic mass is 10.2. The number of para-hydroxylation sites is 1. The van der Waals surface area contributed by atoms with Gasteiger partial charge in [0.15, 0.2) is 4.80 Å². The zero-order valence-corrected chi connectivity index (χ0v) is 14.6. The van der Waals surface area contributed by atoms with Crippen molar-refractivity contribution in [3.63, 3.8) is 0 Å². The zero-order chi connectivity index (χ0) is 18.7. The van der Waals surface area contributed by atoms with E-state index < -0.39 is 23.5 Å². The molecular formula is C18H14F2N2O3S. The van der Waals surface area contributed by atoms with E-state index in [9.17, 15) is 18.4 Å². The average Bonchev–Trinajstić information content (AvgIpc) is 2.94. The van der Waals surface area contributed by atoms with Crippen molar-refractivity contribution in [3.8, 4) is 0 Å². The van der Waals surface area contributed by atoms with E-state index in [1.807, 2.05) is 0 Å². The number of hydrogen-bond acceptors (Lipinski definition) is 4. The molecule has 0 atom stereocenters. The van der Waals surface area contributed by atoms with Crippen molar-refractivity contribution in [2.45, 2.75) is 13.5 Å². The van der Waals surface area contributed by atoms with Crippen molar-refractivity contribution in [1.82, 2.24) is 4.57 Å². The lowest BCUT2D eigenvalue weighted by Crippen LogP contribution is -2.23. The first kappa shape index (κ1) is 17.9. The number of hydrogen-bond donors (Lipinski definition) is 0. The maximum atomic E-state index is 14.3. The van der Waals surface area contributed by atoms with Crippen LogP contribution >= 0.6 is 11.3 Å². The molecule has 0 saturated heterocycles. The van der Waals surface area contributed by atoms with Gasteiger partial charge in [0.2, 0.25) is 0 Å². The van der Waals surface area contributed by atoms with Crippen LogP contribution in [0.25, 0.3) is 10.2 Å². The van der Waals surface area contributed by atoms with E-state index in [1.54, 1.807) is 13.0 Å². The Kier molecular flexibility index (Phi) is 5.22. The molecule has 2 aromatic carbocycles. The van der Waals surface area contributed by atoms with Crippen LogP contribution in [0, 0.1) is 11.6 Å². The van der Waals surface area contributed by atoms with E-state index in [-0.39, 0.29) is 29.0 Å². The van der Waals surface area contributed by atoms with Gasteiger partial charge in [0.25, 0.3) is 5.91 Å². The fourth-order valence-corrected chi connectivity index (χ4v) is 3.48. The number of fused-ring (bicyclic) bond motifs is 1. The van der Waals surface area contributed by atoms with Gasteiger partial charge in [-0.15, -0.1) is 0 Å². The Labute approximate surface area is 151 Å². The van der Waals surface area contributed by atoms with Crippen LogP contribution in [0.3, 0.4) is 0 Å². The number of aromatic nitrogens is 1. The molecule has 0 aliphatic carbocycles. The number of rotatable bonds is 4. The minimum atomic E-state index is -0.812. The fraction of sp³-hybridized carbons (Fsp3) is 0.167. The van der Waals surface area contributed by atoms with Gasteiger partial charge >= 0.3 is 5.97 Å². The first-order valence-electron chi connectivity index (χ1n) is 7.78. The van der Waals surface area contributed by atoms with Crippen LogP contribution in [0.2, 0.25) is 0 Å². The third kappa shape index (κ3) is 3.55. The SMILES string of the molecule is CCOC(=O)Cn1c(=NC(=O)c2ccccc2F)sc2cccc(F)c21. The van der Waals surface area contributed by atoms with Crippen LogP contribution in [-0.4, -0.2) is 23.1 Å². The molecule has 0 unspecified atom stereocenters. The Morgan fingerprint density at radius 3 is 2.58 bits per heavy atom. The standard InChI is InChI=1S/C18H14F2N2O3S/c1-2-25-15(23)10-22-16-13(20)8-5-9-14(16)26-18(22)21-17(24)11-6-3-4-7-12(11)19/h3-9H,2,10H2,1H3. The minimum absolute atomic E-state index is 0.0893. The van der Waals surface area contributed by atoms with Gasteiger partial charge in [-0.1, -0.05) is 29.5 Å². The number of carbonyl (C=O) groups is 2. The van der Waals surface area contributed by atoms with Gasteiger partial charge in [-0.25, -0.2) is 8.78 Å². The Bertz CT molecular complexity index is 1060. The third-order valence-electron chi connectivity index (χ3n) is 3.55. The molecule has 0 aliphatic rings. The number of carbonyl (C=O) groups excluding carboxylic acids is 2. The summed E-state index contributed by atoms with van der Waals surface area (Å²) in [7, 11) is 0. The highest BCUT2D eigenvalue weighted by molar-refractivity contribution is 7.16. The highest BCUT2D eigenvalue weighted by atomic mass is 32.1. The van der Waals surface area contributed by atoms with Gasteiger partial charge < -0.3 is 9.30 Å². The van der Waals surface area contributed by atoms with Gasteiger partial charge in [-0.3, -0.25) is 9.59 Å². The second kappa shape index (κ2) is 7.57. The Hall–Kier alpha value is -2.87. The summed E-state index contributed by atoms with van der Waals surface area (Å²) in [6, 6.07) is 9.86. The maximum Gasteiger partial charge on any atom is 0.326 e. The van der Waals surface area contributed by atoms with Gasteiger partial charge in [0.1, 0.15) is 18.2 Å². The second-order valence-electron chi connectivity index (χ2n) is 5.26. The van der Waals surface area contributed by atoms with Gasteiger partial charge in [-0.05, 0) is 31.2 Å². The van der Waals surface area contributed by atoms with E-state index in [4.69, 9.17) is 4.74 Å². The highest BCUT2D eigenvalue weighted by Gasteiger charge is 2.16. The van der Waals surface area contributed by atoms with E-state index >= 15 is 0 Å². The van der Waals surface area contributed by atoms with Crippen LogP contribution in [-0.2, 0) is 16.1 Å². The Morgan fingerprint density at radius 1 is 1.12 bits per heavy atom. The van der Waals surface area contributed by atoms with Crippen LogP contribution in [0.5, 0.6) is 0 Å². The summed E-state index contributed by atoms with van der Waals surface area (Å²) < 4.78 is 34.8. The Morgan fingerprint density at radius 2 is 1.85 bits per heavy atom. The largest absolute Gasteiger partial charge is 0.465 e. The molecule has 1 amide bonds. The molecule has 0 fully saturated rings. The number of ether oxygens (including phenoxy) is 1. The molecule has 0 spiro atoms. The van der Waals surface area contributed by atoms with Crippen molar-refractivity contribution < 1.29 is 23.1 Å². The van der Waals surface area contributed by atoms with Crippen molar-refractivity contribution in [3.05, 3.63) is 64.5 Å². The van der Waals surface area contributed by atoms with E-state index in [2.05, 4.69) is 4.99 Å². The fourth-order valence-electron chi connectivity index (χ4n) is 2.44. The number of thiazole rings is 1. The van der Waals surface area contributed by atoms with Crippen LogP contribution in [0.1, 0.15) is 17.3 Å². The molecule has 1 aromatic heterocycles. The summed E-state index contributed by atoms with van der Waals surface area (Å²) in [5.74, 6) is -2.66. The number of amides is 1. The highest BCUT2D eigenvalue weighted by Crippen LogP contribution is 2.20. The first-order valence-corrected chi connectivity index (χ1v) is 8.60. The molecule has 1 heterocycles. The molecular weight excluding hydrogens is 362 g/mol. The predicted octanol–water partition coefficient (Wildman–Crippen LogP) is 3.29. The predicted molar refractivity (Wildman–Crippen MR) is 92.7 cm³/mol. The summed E-state index contributed by atoms with van der Waals surface area (Å²) >= 11 is 1.03. The molecule has 5 nitrogen and oxygen atoms in total. The van der Waals surface area contributed by atoms with Gasteiger partial charge in [-0.2, -0.15) is 4.99 Å². The minimum Gasteiger partial charge on any atom is -0.465 e. The number of esters is 1. The molecule has 26 heavy (non-hydrogen) atoms. The summed E-state index contributed by atoms with van der Waals surface area (Å²) in [5, 5.41) is 0. The summed E-state index contributed by atoms with van der Waals surface area (Å²) in [6.07, 6.45) is 0. The molecule has 0 N–H and O–H groups in total. The molecule has 3 rings (SSSR count). The van der Waals surface area contributed by atoms with Crippen molar-refractivity contribution in [2.24, 2.45) is 4.99 Å². The van der Waals surface area contributed by atoms with Crippen molar-refractivity contribution in [1.29, 1.82) is 0 Å². The lowest BCUT2D eigenvalue weighted by molar-refractivity contribution is -0.143.